The smallest absolute Gasteiger partial charge is 0.280 e. The molecule has 13 N–H and O–H groups in total. The average molecular weight is 1490 g/mol. The standard InChI is InChI=1S/C16H26N5O4P.C16H24N3O3PS.C15H24N5O4P.C15H23N4O3PS/c1-20(2)16-18-13-10(14(24)19-16)17-8-21(13)15-12(23)11(22)9(25-15)6-7-26(3,4)5;1-9-17-14-10(15(24)18-9)5-7-19(14)16-13(21)12(20)11(22-16)6-8-23(2,3)4;1-16-15-18-12-9(13(23)19-15)17-7-20(12)14-11(22)10(21)8(24-14)5-6-25(2,3)4;1-8-17-13-10(14(24)18-8)16-7-19(13)15-12(21)11(20)9(22-15)5-6-23(2,3)4/h8-9,11-12,15,22-23H,3,6-7H2,1-2,4-5H3,(H,18,19,24);5,7,11-13,16,20-21H,2,6,8H2,1,3-4H3,(H,17,18,24);7-8,10-11,14,21-22H,2,5-6H2,1,3-4H3,(H2,16,18,19,23);7,9,11-12,15,20-21H,2,5-6H2,1,3-4H3,(H,17,18,24)/t9-,11-,12-,15?;11-,12-,13-,16?;8-,10-,11-,14?;9-,11-,12-,15?/m1111/s1. The lowest BCUT2D eigenvalue weighted by molar-refractivity contribution is -0.0353. The zero-order valence-electron chi connectivity index (χ0n) is 58.1. The molecule has 4 saturated heterocycles. The Morgan fingerprint density at radius 3 is 1.25 bits per heavy atom. The summed E-state index contributed by atoms with van der Waals surface area (Å²) in [4.78, 5) is 66.9. The Kier molecular flexibility index (Phi) is 24.3. The number of aromatic amines is 4. The monoisotopic (exact) mass is 1490 g/mol. The molecular weight excluding hydrogens is 1390 g/mol. The molecule has 0 saturated carbocycles. The first-order chi connectivity index (χ1) is 46.1. The average Bonchev–Trinajstić information content (AvgIpc) is 1.65. The zero-order valence-corrected chi connectivity index (χ0v) is 63.3. The van der Waals surface area contributed by atoms with Crippen LogP contribution in [0.25, 0.3) is 44.5 Å². The minimum absolute atomic E-state index is 0.151. The quantitative estimate of drug-likeness (QED) is 0.0432. The van der Waals surface area contributed by atoms with Crippen molar-refractivity contribution >= 4 is 134 Å². The molecule has 0 aliphatic carbocycles. The van der Waals surface area contributed by atoms with E-state index in [0.29, 0.717) is 69.4 Å². The van der Waals surface area contributed by atoms with Gasteiger partial charge in [0.1, 0.15) is 81.9 Å². The van der Waals surface area contributed by atoms with Crippen LogP contribution in [0.1, 0.15) is 62.2 Å². The van der Waals surface area contributed by atoms with Crippen LogP contribution in [-0.4, -0.2) is 311 Å². The molecule has 546 valence electrons. The van der Waals surface area contributed by atoms with E-state index < -0.39 is 126 Å². The first-order valence-electron chi connectivity index (χ1n) is 32.2. The van der Waals surface area contributed by atoms with Crippen molar-refractivity contribution in [3.05, 3.63) is 72.9 Å². The Labute approximate surface area is 583 Å². The minimum Gasteiger partial charge on any atom is -0.388 e. The van der Waals surface area contributed by atoms with E-state index in [1.165, 1.54) is 21.8 Å². The molecule has 99 heavy (non-hydrogen) atoms. The Balaban J connectivity index is 0.000000154. The Morgan fingerprint density at radius 1 is 0.495 bits per heavy atom. The molecule has 37 heteroatoms. The van der Waals surface area contributed by atoms with Crippen molar-refractivity contribution in [3.63, 3.8) is 0 Å². The van der Waals surface area contributed by atoms with Crippen molar-refractivity contribution in [1.82, 2.24) is 73.1 Å². The third kappa shape index (κ3) is 18.2. The molecule has 31 nitrogen and oxygen atoms in total. The second-order valence-electron chi connectivity index (χ2n) is 28.7. The molecular formula is C62H97N17O14P4S2. The first-order valence-corrected chi connectivity index (χ1v) is 45.2. The number of nitrogens with one attached hydrogen (secondary N) is 5. The van der Waals surface area contributed by atoms with Crippen LogP contribution in [0.4, 0.5) is 11.9 Å². The number of rotatable bonds is 18. The third-order valence-electron chi connectivity index (χ3n) is 17.3. The van der Waals surface area contributed by atoms with Gasteiger partial charge in [-0.15, -0.1) is 52.7 Å². The van der Waals surface area contributed by atoms with Gasteiger partial charge >= 0.3 is 0 Å². The molecule has 0 aromatic carbocycles. The van der Waals surface area contributed by atoms with E-state index in [1.54, 1.807) is 54.6 Å². The van der Waals surface area contributed by atoms with Crippen molar-refractivity contribution in [2.45, 2.75) is 138 Å². The van der Waals surface area contributed by atoms with Crippen LogP contribution in [0.5, 0.6) is 0 Å². The SMILES string of the molecule is C=P(C)(C)CC[C@H]1OC(n2ccc3c(=S)nc(C)[nH]c32)[C@H](O)[C@@H]1O.C=P(C)(C)CC[C@H]1OC(n2cnc3c(=O)[nH]c(N(C)C)nc32)[C@H](O)[C@@H]1O.C=P(C)(C)CC[C@H]1OC(n2cnc3c(=O)[nH]c(NC)nc32)[C@H](O)[C@@H]1O.C=P(C)(C)CC[C@H]1OC(n2cnc3c(=S)nc(C)[nH]c32)[C@H](O)[C@@H]1O. The number of hydrogen-bond acceptors (Lipinski definition) is 25. The van der Waals surface area contributed by atoms with Gasteiger partial charge < -0.3 is 84.6 Å². The topological polar surface area (TPSA) is 421 Å². The summed E-state index contributed by atoms with van der Waals surface area (Å²) < 4.78 is 31.1. The Hall–Kier alpha value is -5.37. The summed E-state index contributed by atoms with van der Waals surface area (Å²) in [5.74, 6) is 2.01. The van der Waals surface area contributed by atoms with Crippen molar-refractivity contribution in [3.8, 4) is 0 Å². The fraction of sp³-hybridized carbons (Fsp3) is 0.597. The van der Waals surface area contributed by atoms with Gasteiger partial charge in [0.05, 0.1) is 48.8 Å². The van der Waals surface area contributed by atoms with E-state index >= 15 is 0 Å². The van der Waals surface area contributed by atoms with Gasteiger partial charge in [0.25, 0.3) is 11.1 Å². The molecule has 0 spiro atoms. The van der Waals surface area contributed by atoms with Gasteiger partial charge in [-0.25, -0.2) is 24.9 Å². The van der Waals surface area contributed by atoms with Crippen LogP contribution < -0.4 is 21.3 Å². The molecule has 0 radical (unpaired) electrons. The maximum absolute atomic E-state index is 12.2. The van der Waals surface area contributed by atoms with Crippen molar-refractivity contribution < 1.29 is 59.8 Å². The Bertz CT molecular complexity index is 4500. The summed E-state index contributed by atoms with van der Waals surface area (Å²) in [5.41, 5.74) is 2.07. The van der Waals surface area contributed by atoms with Gasteiger partial charge in [-0.2, -0.15) is 9.97 Å². The molecule has 8 aromatic rings. The van der Waals surface area contributed by atoms with Crippen LogP contribution in [0.15, 0.2) is 40.8 Å². The maximum atomic E-state index is 12.2. The van der Waals surface area contributed by atoms with E-state index in [0.717, 1.165) is 35.7 Å². The highest BCUT2D eigenvalue weighted by atomic mass is 32.1. The minimum atomic E-state index is -1.26. The van der Waals surface area contributed by atoms with Crippen LogP contribution in [-0.2, 0) is 18.9 Å². The van der Waals surface area contributed by atoms with Crippen molar-refractivity contribution in [2.75, 3.05) is 109 Å². The third-order valence-corrected chi connectivity index (χ3v) is 23.8. The highest BCUT2D eigenvalue weighted by Crippen LogP contribution is 2.44. The molecule has 12 rings (SSSR count). The summed E-state index contributed by atoms with van der Waals surface area (Å²) in [6, 6.07) is 1.85. The summed E-state index contributed by atoms with van der Waals surface area (Å²) in [7, 11) is 5.15. The first kappa shape index (κ1) is 77.8. The number of anilines is 2. The summed E-state index contributed by atoms with van der Waals surface area (Å²) in [6.07, 6.45) is 15.9. The molecule has 8 aromatic heterocycles. The molecule has 0 amide bonds. The predicted molar refractivity (Wildman–Crippen MR) is 402 cm³/mol. The second kappa shape index (κ2) is 30.9. The highest BCUT2D eigenvalue weighted by Gasteiger charge is 2.48. The van der Waals surface area contributed by atoms with Gasteiger partial charge in [-0.1, -0.05) is 24.4 Å². The summed E-state index contributed by atoms with van der Waals surface area (Å²) in [5, 5.41) is 86.8. The number of aliphatic hydroxyl groups excluding tert-OH is 8. The van der Waals surface area contributed by atoms with Gasteiger partial charge in [0, 0.05) is 27.3 Å². The summed E-state index contributed by atoms with van der Waals surface area (Å²) >= 11 is 10.5. The molecule has 4 aliphatic heterocycles. The van der Waals surface area contributed by atoms with E-state index in [4.69, 9.17) is 43.4 Å². The fourth-order valence-corrected chi connectivity index (χ4v) is 16.3. The lowest BCUT2D eigenvalue weighted by atomic mass is 10.1. The Morgan fingerprint density at radius 2 is 0.848 bits per heavy atom. The van der Waals surface area contributed by atoms with Crippen molar-refractivity contribution in [2.24, 2.45) is 0 Å². The lowest BCUT2D eigenvalue weighted by Gasteiger charge is -2.19. The predicted octanol–water partition coefficient (Wildman–Crippen LogP) is 3.42. The zero-order chi connectivity index (χ0) is 72.9. The largest absolute Gasteiger partial charge is 0.388 e. The van der Waals surface area contributed by atoms with E-state index in [2.05, 4.69) is 139 Å². The maximum Gasteiger partial charge on any atom is 0.280 e. The number of aliphatic hydroxyl groups is 8. The molecule has 4 unspecified atom stereocenters. The van der Waals surface area contributed by atoms with Gasteiger partial charge in [0.2, 0.25) is 11.9 Å². The highest BCUT2D eigenvalue weighted by molar-refractivity contribution is 7.73. The number of hydrogen-bond donors (Lipinski definition) is 13. The van der Waals surface area contributed by atoms with Crippen LogP contribution in [0, 0.1) is 23.1 Å². The molecule has 16 atom stereocenters. The lowest BCUT2D eigenvalue weighted by Crippen LogP contribution is -2.32. The van der Waals surface area contributed by atoms with Gasteiger partial charge in [-0.3, -0.25) is 33.3 Å². The number of aromatic nitrogens is 15. The fourth-order valence-electron chi connectivity index (χ4n) is 11.9. The normalized spacial score (nSPS) is 27.3. The van der Waals surface area contributed by atoms with Crippen LogP contribution in [0.2, 0.25) is 0 Å². The van der Waals surface area contributed by atoms with Crippen LogP contribution >= 0.6 is 52.0 Å². The number of H-pyrrole nitrogens is 4. The number of aryl methyl sites for hydroxylation is 2. The van der Waals surface area contributed by atoms with E-state index in [-0.39, 0.29) is 33.7 Å². The van der Waals surface area contributed by atoms with Crippen LogP contribution in [0.3, 0.4) is 0 Å². The van der Waals surface area contributed by atoms with E-state index in [9.17, 15) is 50.4 Å². The van der Waals surface area contributed by atoms with Gasteiger partial charge in [0.15, 0.2) is 51.9 Å². The van der Waals surface area contributed by atoms with Crippen molar-refractivity contribution in [1.29, 1.82) is 0 Å². The summed E-state index contributed by atoms with van der Waals surface area (Å²) in [6.45, 7) is 15.7. The molecule has 4 aliphatic rings. The number of nitrogens with zero attached hydrogens (tertiary/aromatic N) is 12. The number of fused-ring (bicyclic) bond motifs is 4. The second-order valence-corrected chi connectivity index (χ2v) is 46.7. The van der Waals surface area contributed by atoms with Gasteiger partial charge in [-0.05, 0) is 124 Å². The molecule has 4 fully saturated rings. The molecule has 0 bridgehead atoms. The number of ether oxygens (including phenoxy) is 4. The molecule has 12 heterocycles. The van der Waals surface area contributed by atoms with E-state index in [1.807, 2.05) is 13.0 Å². The number of imidazole rings is 3.